The second kappa shape index (κ2) is 6.62. The number of aryl methyl sites for hydroxylation is 4. The first-order valence-electron chi connectivity index (χ1n) is 7.49. The number of anilines is 1. The maximum atomic E-state index is 12.6. The molecule has 2 N–H and O–H groups in total. The summed E-state index contributed by atoms with van der Waals surface area (Å²) in [5.41, 5.74) is 8.95. The first-order chi connectivity index (χ1) is 10.7. The molecule has 0 aliphatic rings. The minimum absolute atomic E-state index is 0.0159. The average molecular weight is 333 g/mol. The SMILES string of the molecule is Cc1nc(C(C)N(C)C(=O)Cc2c(C)nc(N)nc2C)c(C)s1. The lowest BCUT2D eigenvalue weighted by molar-refractivity contribution is -0.131. The molecule has 2 aromatic rings. The summed E-state index contributed by atoms with van der Waals surface area (Å²) in [6.45, 7) is 9.72. The second-order valence-corrected chi connectivity index (χ2v) is 7.17. The number of nitrogen functional groups attached to an aromatic ring is 1. The standard InChI is InChI=1S/C16H23N5OS/c1-8-13(9(2)19-16(17)18-8)7-14(22)21(6)10(3)15-11(4)23-12(5)20-15/h10H,7H2,1-6H3,(H2,17,18,19). The molecule has 0 fully saturated rings. The van der Waals surface area contributed by atoms with Gasteiger partial charge in [-0.1, -0.05) is 0 Å². The lowest BCUT2D eigenvalue weighted by Crippen LogP contribution is -2.32. The maximum absolute atomic E-state index is 12.6. The van der Waals surface area contributed by atoms with Crippen molar-refractivity contribution in [2.75, 3.05) is 12.8 Å². The molecule has 0 saturated heterocycles. The predicted octanol–water partition coefficient (Wildman–Crippen LogP) is 2.51. The number of rotatable bonds is 4. The van der Waals surface area contributed by atoms with Crippen molar-refractivity contribution in [3.63, 3.8) is 0 Å². The van der Waals surface area contributed by atoms with Crippen molar-refractivity contribution >= 4 is 23.2 Å². The van der Waals surface area contributed by atoms with Crippen LogP contribution < -0.4 is 5.73 Å². The van der Waals surface area contributed by atoms with Gasteiger partial charge in [0, 0.05) is 28.9 Å². The fourth-order valence-corrected chi connectivity index (χ4v) is 3.54. The fraction of sp³-hybridized carbons (Fsp3) is 0.500. The molecule has 1 atom stereocenters. The van der Waals surface area contributed by atoms with Crippen molar-refractivity contribution in [2.45, 2.75) is 47.1 Å². The van der Waals surface area contributed by atoms with E-state index in [1.807, 2.05) is 41.7 Å². The number of carbonyl (C=O) groups excluding carboxylic acids is 1. The number of hydrogen-bond donors (Lipinski definition) is 1. The Morgan fingerprint density at radius 3 is 2.22 bits per heavy atom. The van der Waals surface area contributed by atoms with E-state index in [0.717, 1.165) is 32.5 Å². The van der Waals surface area contributed by atoms with Gasteiger partial charge in [0.15, 0.2) is 0 Å². The minimum Gasteiger partial charge on any atom is -0.368 e. The monoisotopic (exact) mass is 333 g/mol. The highest BCUT2D eigenvalue weighted by Gasteiger charge is 2.23. The van der Waals surface area contributed by atoms with Crippen LogP contribution in [0, 0.1) is 27.7 Å². The summed E-state index contributed by atoms with van der Waals surface area (Å²) >= 11 is 1.65. The van der Waals surface area contributed by atoms with Gasteiger partial charge in [0.1, 0.15) is 0 Å². The highest BCUT2D eigenvalue weighted by Crippen LogP contribution is 2.26. The van der Waals surface area contributed by atoms with Gasteiger partial charge >= 0.3 is 0 Å². The zero-order valence-electron chi connectivity index (χ0n) is 14.5. The molecule has 0 saturated carbocycles. The highest BCUT2D eigenvalue weighted by atomic mass is 32.1. The summed E-state index contributed by atoms with van der Waals surface area (Å²) in [6, 6.07) is -0.0669. The van der Waals surface area contributed by atoms with Crippen LogP contribution in [0.5, 0.6) is 0 Å². The summed E-state index contributed by atoms with van der Waals surface area (Å²) in [7, 11) is 1.81. The molecular formula is C16H23N5OS. The number of aromatic nitrogens is 3. The number of nitrogens with zero attached hydrogens (tertiary/aromatic N) is 4. The third-order valence-corrected chi connectivity index (χ3v) is 4.98. The van der Waals surface area contributed by atoms with Crippen molar-refractivity contribution in [1.82, 2.24) is 19.9 Å². The molecule has 0 aliphatic heterocycles. The van der Waals surface area contributed by atoms with E-state index < -0.39 is 0 Å². The quantitative estimate of drug-likeness (QED) is 0.929. The first kappa shape index (κ1) is 17.3. The lowest BCUT2D eigenvalue weighted by Gasteiger charge is -2.25. The summed E-state index contributed by atoms with van der Waals surface area (Å²) in [6.07, 6.45) is 0.265. The Balaban J connectivity index is 2.19. The topological polar surface area (TPSA) is 85.0 Å². The molecule has 2 rings (SSSR count). The number of thiazole rings is 1. The van der Waals surface area contributed by atoms with Gasteiger partial charge in [-0.05, 0) is 34.6 Å². The third-order valence-electron chi connectivity index (χ3n) is 4.08. The van der Waals surface area contributed by atoms with E-state index in [2.05, 4.69) is 15.0 Å². The molecule has 0 aromatic carbocycles. The van der Waals surface area contributed by atoms with Crippen molar-refractivity contribution in [1.29, 1.82) is 0 Å². The van der Waals surface area contributed by atoms with Gasteiger partial charge in [0.2, 0.25) is 11.9 Å². The average Bonchev–Trinajstić information content (AvgIpc) is 2.79. The molecule has 2 aromatic heterocycles. The molecule has 1 unspecified atom stereocenters. The lowest BCUT2D eigenvalue weighted by atomic mass is 10.1. The molecule has 7 heteroatoms. The Hall–Kier alpha value is -2.02. The van der Waals surface area contributed by atoms with Gasteiger partial charge in [-0.2, -0.15) is 0 Å². The minimum atomic E-state index is -0.0669. The molecule has 0 spiro atoms. The van der Waals surface area contributed by atoms with Crippen LogP contribution in [0.3, 0.4) is 0 Å². The van der Waals surface area contributed by atoms with Gasteiger partial charge in [-0.3, -0.25) is 4.79 Å². The Kier molecular flexibility index (Phi) is 4.99. The Bertz CT molecular complexity index is 717. The van der Waals surface area contributed by atoms with Crippen molar-refractivity contribution in [3.8, 4) is 0 Å². The number of likely N-dealkylation sites (N-methyl/N-ethyl adjacent to an activating group) is 1. The molecule has 124 valence electrons. The van der Waals surface area contributed by atoms with Crippen LogP contribution >= 0.6 is 11.3 Å². The van der Waals surface area contributed by atoms with Crippen molar-refractivity contribution < 1.29 is 4.79 Å². The Labute approximate surface area is 140 Å². The Morgan fingerprint density at radius 2 is 1.74 bits per heavy atom. The van der Waals surface area contributed by atoms with Crippen LogP contribution in [0.25, 0.3) is 0 Å². The van der Waals surface area contributed by atoms with Gasteiger partial charge in [0.25, 0.3) is 0 Å². The van der Waals surface area contributed by atoms with Gasteiger partial charge in [-0.15, -0.1) is 11.3 Å². The first-order valence-corrected chi connectivity index (χ1v) is 8.31. The smallest absolute Gasteiger partial charge is 0.227 e. The Morgan fingerprint density at radius 1 is 1.17 bits per heavy atom. The van der Waals surface area contributed by atoms with Gasteiger partial charge in [0.05, 0.1) is 23.2 Å². The van der Waals surface area contributed by atoms with Gasteiger partial charge < -0.3 is 10.6 Å². The van der Waals surface area contributed by atoms with Crippen LogP contribution in [0.4, 0.5) is 5.95 Å². The number of amides is 1. The molecule has 0 aliphatic carbocycles. The molecule has 0 radical (unpaired) electrons. The van der Waals surface area contributed by atoms with E-state index in [0.29, 0.717) is 0 Å². The maximum Gasteiger partial charge on any atom is 0.227 e. The third kappa shape index (κ3) is 3.67. The van der Waals surface area contributed by atoms with Crippen LogP contribution in [0.2, 0.25) is 0 Å². The van der Waals surface area contributed by atoms with Crippen molar-refractivity contribution in [2.24, 2.45) is 0 Å². The zero-order valence-corrected chi connectivity index (χ0v) is 15.3. The summed E-state index contributed by atoms with van der Waals surface area (Å²) in [5.74, 6) is 0.258. The summed E-state index contributed by atoms with van der Waals surface area (Å²) < 4.78 is 0. The fourth-order valence-electron chi connectivity index (χ4n) is 2.63. The van der Waals surface area contributed by atoms with Crippen LogP contribution in [0.1, 0.15) is 45.5 Å². The molecule has 6 nitrogen and oxygen atoms in total. The molecule has 1 amide bonds. The summed E-state index contributed by atoms with van der Waals surface area (Å²) in [5, 5.41) is 1.02. The van der Waals surface area contributed by atoms with E-state index >= 15 is 0 Å². The van der Waals surface area contributed by atoms with Crippen molar-refractivity contribution in [3.05, 3.63) is 32.5 Å². The molecule has 23 heavy (non-hydrogen) atoms. The predicted molar refractivity (Wildman–Crippen MR) is 92.4 cm³/mol. The largest absolute Gasteiger partial charge is 0.368 e. The number of carbonyl (C=O) groups is 1. The van der Waals surface area contributed by atoms with E-state index in [9.17, 15) is 4.79 Å². The van der Waals surface area contributed by atoms with Gasteiger partial charge in [-0.25, -0.2) is 15.0 Å². The number of nitrogens with two attached hydrogens (primary N) is 1. The molecule has 0 bridgehead atoms. The second-order valence-electron chi connectivity index (χ2n) is 5.76. The van der Waals surface area contributed by atoms with E-state index in [1.54, 1.807) is 16.2 Å². The molecule has 2 heterocycles. The van der Waals surface area contributed by atoms with Crippen LogP contribution in [-0.4, -0.2) is 32.8 Å². The number of hydrogen-bond acceptors (Lipinski definition) is 6. The molecular weight excluding hydrogens is 310 g/mol. The van der Waals surface area contributed by atoms with E-state index in [4.69, 9.17) is 5.73 Å². The van der Waals surface area contributed by atoms with E-state index in [1.165, 1.54) is 0 Å². The van der Waals surface area contributed by atoms with Crippen LogP contribution in [0.15, 0.2) is 0 Å². The van der Waals surface area contributed by atoms with E-state index in [-0.39, 0.29) is 24.3 Å². The summed E-state index contributed by atoms with van der Waals surface area (Å²) in [4.78, 5) is 28.4. The normalized spacial score (nSPS) is 12.3. The highest BCUT2D eigenvalue weighted by molar-refractivity contribution is 7.11. The van der Waals surface area contributed by atoms with Crippen LogP contribution in [-0.2, 0) is 11.2 Å². The zero-order chi connectivity index (χ0) is 17.3.